The van der Waals surface area contributed by atoms with Crippen LogP contribution in [0, 0.1) is 13.8 Å². The van der Waals surface area contributed by atoms with Crippen LogP contribution < -0.4 is 19.7 Å². The molecule has 0 aliphatic carbocycles. The second-order valence-electron chi connectivity index (χ2n) is 9.13. The van der Waals surface area contributed by atoms with Crippen molar-refractivity contribution in [2.75, 3.05) is 11.5 Å². The number of ether oxygens (including phenoxy) is 2. The van der Waals surface area contributed by atoms with E-state index in [2.05, 4.69) is 18.3 Å². The molecule has 1 heterocycles. The molecule has 4 amide bonds. The maximum absolute atomic E-state index is 13.2. The number of nitrogens with zero attached hydrogens (tertiary/aromatic N) is 1. The predicted molar refractivity (Wildman–Crippen MR) is 148 cm³/mol. The SMILES string of the molecule is CCCCOc1ccc(N2C(=O)NC(=O)/C(=C/c3ccc(OCc4cc(C)cc(C)c4)c(Cl)c3)C2=O)cc1. The summed E-state index contributed by atoms with van der Waals surface area (Å²) in [5, 5.41) is 2.56. The van der Waals surface area contributed by atoms with Gasteiger partial charge >= 0.3 is 6.03 Å². The molecule has 1 aliphatic heterocycles. The molecule has 1 fully saturated rings. The van der Waals surface area contributed by atoms with Crippen molar-refractivity contribution in [3.05, 3.63) is 93.5 Å². The fraction of sp³-hybridized carbons (Fsp3) is 0.233. The monoisotopic (exact) mass is 532 g/mol. The second-order valence-corrected chi connectivity index (χ2v) is 9.54. The lowest BCUT2D eigenvalue weighted by molar-refractivity contribution is -0.122. The van der Waals surface area contributed by atoms with E-state index in [9.17, 15) is 14.4 Å². The first kappa shape index (κ1) is 26.9. The number of unbranched alkanes of at least 4 members (excludes halogenated alkanes) is 1. The van der Waals surface area contributed by atoms with Gasteiger partial charge in [-0.3, -0.25) is 14.9 Å². The topological polar surface area (TPSA) is 84.9 Å². The van der Waals surface area contributed by atoms with Crippen LogP contribution in [0.3, 0.4) is 0 Å². The van der Waals surface area contributed by atoms with Crippen molar-refractivity contribution in [2.24, 2.45) is 0 Å². The molecule has 3 aromatic rings. The largest absolute Gasteiger partial charge is 0.494 e. The van der Waals surface area contributed by atoms with Crippen LogP contribution >= 0.6 is 11.6 Å². The summed E-state index contributed by atoms with van der Waals surface area (Å²) in [5.74, 6) is -0.398. The summed E-state index contributed by atoms with van der Waals surface area (Å²) in [6, 6.07) is 16.9. The number of barbiturate groups is 1. The molecule has 0 atom stereocenters. The predicted octanol–water partition coefficient (Wildman–Crippen LogP) is 6.38. The molecule has 3 aromatic carbocycles. The van der Waals surface area contributed by atoms with Gasteiger partial charge in [0.2, 0.25) is 0 Å². The summed E-state index contributed by atoms with van der Waals surface area (Å²) in [6.45, 7) is 7.06. The first-order valence-electron chi connectivity index (χ1n) is 12.4. The molecule has 7 nitrogen and oxygen atoms in total. The highest BCUT2D eigenvalue weighted by Gasteiger charge is 2.36. The Morgan fingerprint density at radius 1 is 0.921 bits per heavy atom. The highest BCUT2D eigenvalue weighted by molar-refractivity contribution is 6.39. The molecular weight excluding hydrogens is 504 g/mol. The third kappa shape index (κ3) is 6.42. The van der Waals surface area contributed by atoms with Gasteiger partial charge in [-0.05, 0) is 73.9 Å². The molecule has 0 saturated carbocycles. The molecule has 1 saturated heterocycles. The molecule has 0 bridgehead atoms. The van der Waals surface area contributed by atoms with Crippen LogP contribution in [0.2, 0.25) is 5.02 Å². The molecule has 38 heavy (non-hydrogen) atoms. The number of carbonyl (C=O) groups is 3. The number of anilines is 1. The fourth-order valence-electron chi connectivity index (χ4n) is 4.12. The van der Waals surface area contributed by atoms with Crippen LogP contribution in [-0.2, 0) is 16.2 Å². The van der Waals surface area contributed by atoms with Gasteiger partial charge in [-0.15, -0.1) is 0 Å². The van der Waals surface area contributed by atoms with Gasteiger partial charge in [-0.1, -0.05) is 60.3 Å². The van der Waals surface area contributed by atoms with E-state index in [-0.39, 0.29) is 5.57 Å². The highest BCUT2D eigenvalue weighted by Crippen LogP contribution is 2.29. The van der Waals surface area contributed by atoms with Gasteiger partial charge in [0.05, 0.1) is 17.3 Å². The van der Waals surface area contributed by atoms with E-state index in [4.69, 9.17) is 21.1 Å². The van der Waals surface area contributed by atoms with Gasteiger partial charge in [-0.2, -0.15) is 0 Å². The maximum Gasteiger partial charge on any atom is 0.335 e. The Morgan fingerprint density at radius 2 is 1.63 bits per heavy atom. The van der Waals surface area contributed by atoms with Crippen molar-refractivity contribution in [2.45, 2.75) is 40.2 Å². The molecule has 0 unspecified atom stereocenters. The molecule has 4 rings (SSSR count). The number of rotatable bonds is 9. The van der Waals surface area contributed by atoms with Crippen LogP contribution in [0.25, 0.3) is 6.08 Å². The fourth-order valence-corrected chi connectivity index (χ4v) is 4.37. The third-order valence-corrected chi connectivity index (χ3v) is 6.20. The van der Waals surface area contributed by atoms with E-state index in [0.717, 1.165) is 34.4 Å². The maximum atomic E-state index is 13.2. The van der Waals surface area contributed by atoms with Crippen molar-refractivity contribution < 1.29 is 23.9 Å². The summed E-state index contributed by atoms with van der Waals surface area (Å²) in [5.41, 5.74) is 3.97. The summed E-state index contributed by atoms with van der Waals surface area (Å²) in [7, 11) is 0. The minimum atomic E-state index is -0.815. The number of carbonyl (C=O) groups excluding carboxylic acids is 3. The number of nitrogens with one attached hydrogen (secondary N) is 1. The van der Waals surface area contributed by atoms with E-state index in [0.29, 0.717) is 41.0 Å². The van der Waals surface area contributed by atoms with E-state index in [1.165, 1.54) is 6.08 Å². The van der Waals surface area contributed by atoms with Gasteiger partial charge in [0.1, 0.15) is 23.7 Å². The average molecular weight is 533 g/mol. The number of halogens is 1. The number of aryl methyl sites for hydroxylation is 2. The van der Waals surface area contributed by atoms with E-state index in [1.54, 1.807) is 42.5 Å². The molecule has 0 radical (unpaired) electrons. The minimum Gasteiger partial charge on any atom is -0.494 e. The zero-order valence-corrected chi connectivity index (χ0v) is 22.3. The van der Waals surface area contributed by atoms with Crippen LogP contribution in [0.15, 0.2) is 66.2 Å². The van der Waals surface area contributed by atoms with E-state index < -0.39 is 17.8 Å². The molecule has 8 heteroatoms. The van der Waals surface area contributed by atoms with Crippen molar-refractivity contribution >= 4 is 41.2 Å². The van der Waals surface area contributed by atoms with Crippen molar-refractivity contribution in [1.82, 2.24) is 5.32 Å². The van der Waals surface area contributed by atoms with Crippen LogP contribution in [0.5, 0.6) is 11.5 Å². The Kier molecular flexibility index (Phi) is 8.48. The average Bonchev–Trinajstić information content (AvgIpc) is 2.86. The Morgan fingerprint density at radius 3 is 2.29 bits per heavy atom. The van der Waals surface area contributed by atoms with Crippen LogP contribution in [0.1, 0.15) is 42.0 Å². The number of hydrogen-bond acceptors (Lipinski definition) is 5. The minimum absolute atomic E-state index is 0.187. The second kappa shape index (κ2) is 12.0. The standard InChI is InChI=1S/C30H29ClN2O5/c1-4-5-12-37-24-9-7-23(8-10-24)33-29(35)25(28(34)32-30(33)36)16-21-6-11-27(26(31)17-21)38-18-22-14-19(2)13-20(3)15-22/h6-11,13-17H,4-5,12,18H2,1-3H3,(H,32,34,36)/b25-16-. The lowest BCUT2D eigenvalue weighted by atomic mass is 10.1. The highest BCUT2D eigenvalue weighted by atomic mass is 35.5. The van der Waals surface area contributed by atoms with Gasteiger partial charge in [0, 0.05) is 0 Å². The Balaban J connectivity index is 1.50. The number of amides is 4. The summed E-state index contributed by atoms with van der Waals surface area (Å²) >= 11 is 6.44. The van der Waals surface area contributed by atoms with E-state index >= 15 is 0 Å². The molecular formula is C30H29ClN2O5. The summed E-state index contributed by atoms with van der Waals surface area (Å²) < 4.78 is 11.5. The lowest BCUT2D eigenvalue weighted by Gasteiger charge is -2.26. The van der Waals surface area contributed by atoms with Gasteiger partial charge in [-0.25, -0.2) is 9.69 Å². The zero-order chi connectivity index (χ0) is 27.2. The Labute approximate surface area is 227 Å². The summed E-state index contributed by atoms with van der Waals surface area (Å²) in [4.78, 5) is 39.2. The van der Waals surface area contributed by atoms with Gasteiger partial charge in [0.25, 0.3) is 11.8 Å². The molecule has 1 N–H and O–H groups in total. The first-order valence-corrected chi connectivity index (χ1v) is 12.8. The molecule has 0 aromatic heterocycles. The van der Waals surface area contributed by atoms with Crippen molar-refractivity contribution in [3.8, 4) is 11.5 Å². The van der Waals surface area contributed by atoms with E-state index in [1.807, 2.05) is 26.0 Å². The number of hydrogen-bond donors (Lipinski definition) is 1. The van der Waals surface area contributed by atoms with Crippen LogP contribution in [0.4, 0.5) is 10.5 Å². The Bertz CT molecular complexity index is 1380. The molecule has 1 aliphatic rings. The first-order chi connectivity index (χ1) is 18.2. The third-order valence-electron chi connectivity index (χ3n) is 5.91. The van der Waals surface area contributed by atoms with Crippen LogP contribution in [-0.4, -0.2) is 24.5 Å². The number of urea groups is 1. The quantitative estimate of drug-likeness (QED) is 0.196. The summed E-state index contributed by atoms with van der Waals surface area (Å²) in [6.07, 6.45) is 3.34. The molecule has 0 spiro atoms. The normalized spacial score (nSPS) is 14.6. The number of benzene rings is 3. The van der Waals surface area contributed by atoms with Gasteiger partial charge in [0.15, 0.2) is 0 Å². The van der Waals surface area contributed by atoms with Crippen molar-refractivity contribution in [1.29, 1.82) is 0 Å². The lowest BCUT2D eigenvalue weighted by Crippen LogP contribution is -2.54. The van der Waals surface area contributed by atoms with Gasteiger partial charge < -0.3 is 9.47 Å². The Hall–Kier alpha value is -4.10. The van der Waals surface area contributed by atoms with Crippen molar-refractivity contribution in [3.63, 3.8) is 0 Å². The number of imide groups is 2. The molecule has 196 valence electrons. The smallest absolute Gasteiger partial charge is 0.335 e. The zero-order valence-electron chi connectivity index (χ0n) is 21.5.